The maximum absolute atomic E-state index is 12.4. The number of amides is 1. The number of nitro groups is 1. The minimum Gasteiger partial charge on any atom is -0.494 e. The Bertz CT molecular complexity index is 1100. The highest BCUT2D eigenvalue weighted by Crippen LogP contribution is 2.30. The van der Waals surface area contributed by atoms with Crippen LogP contribution in [0.5, 0.6) is 17.2 Å². The summed E-state index contributed by atoms with van der Waals surface area (Å²) >= 11 is 1.19. The Kier molecular flexibility index (Phi) is 7.61. The van der Waals surface area contributed by atoms with Crippen LogP contribution in [0.4, 0.5) is 11.4 Å². The quantitative estimate of drug-likeness (QED) is 0.209. The van der Waals surface area contributed by atoms with Crippen LogP contribution in [-0.4, -0.2) is 33.2 Å². The first-order chi connectivity index (χ1) is 15.3. The van der Waals surface area contributed by atoms with Crippen molar-refractivity contribution in [2.45, 2.75) is 25.9 Å². The fourth-order valence-electron chi connectivity index (χ4n) is 2.81. The summed E-state index contributed by atoms with van der Waals surface area (Å²) in [4.78, 5) is 31.8. The number of aryl methyl sites for hydroxylation is 2. The van der Waals surface area contributed by atoms with Gasteiger partial charge >= 0.3 is 0 Å². The fourth-order valence-corrected chi connectivity index (χ4v) is 3.56. The van der Waals surface area contributed by atoms with Crippen molar-refractivity contribution in [2.75, 3.05) is 17.7 Å². The monoisotopic (exact) mass is 454 g/mol. The largest absolute Gasteiger partial charge is 0.494 e. The summed E-state index contributed by atoms with van der Waals surface area (Å²) in [6, 6.07) is 12.8. The first-order valence-electron chi connectivity index (χ1n) is 9.77. The van der Waals surface area contributed by atoms with Gasteiger partial charge < -0.3 is 14.8 Å². The number of nitro benzene ring substituents is 1. The van der Waals surface area contributed by atoms with Crippen LogP contribution in [0, 0.1) is 24.0 Å². The maximum atomic E-state index is 12.4. The number of hydrogen-bond acceptors (Lipinski definition) is 8. The van der Waals surface area contributed by atoms with E-state index in [-0.39, 0.29) is 28.8 Å². The van der Waals surface area contributed by atoms with Gasteiger partial charge in [-0.05, 0) is 51.1 Å². The molecular formula is C22H22N4O5S. The second-order valence-electron chi connectivity index (χ2n) is 6.75. The highest BCUT2D eigenvalue weighted by Gasteiger charge is 2.14. The van der Waals surface area contributed by atoms with Crippen molar-refractivity contribution in [1.82, 2.24) is 9.97 Å². The van der Waals surface area contributed by atoms with E-state index < -0.39 is 4.92 Å². The van der Waals surface area contributed by atoms with E-state index in [9.17, 15) is 14.9 Å². The molecule has 0 bridgehead atoms. The third-order valence-corrected chi connectivity index (χ3v) is 4.90. The van der Waals surface area contributed by atoms with E-state index >= 15 is 0 Å². The van der Waals surface area contributed by atoms with Gasteiger partial charge in [-0.2, -0.15) is 0 Å². The van der Waals surface area contributed by atoms with Crippen molar-refractivity contribution < 1.29 is 19.2 Å². The number of thioether (sulfide) groups is 1. The number of nitrogens with zero attached hydrogens (tertiary/aromatic N) is 3. The lowest BCUT2D eigenvalue weighted by atomic mass is 10.2. The smallest absolute Gasteiger partial charge is 0.275 e. The zero-order valence-corrected chi connectivity index (χ0v) is 18.6. The van der Waals surface area contributed by atoms with Crippen molar-refractivity contribution >= 4 is 29.0 Å². The van der Waals surface area contributed by atoms with E-state index in [2.05, 4.69) is 15.3 Å². The average Bonchev–Trinajstić information content (AvgIpc) is 2.73. The van der Waals surface area contributed by atoms with Gasteiger partial charge in [0.2, 0.25) is 5.91 Å². The Morgan fingerprint density at radius 1 is 1.03 bits per heavy atom. The molecule has 1 amide bonds. The summed E-state index contributed by atoms with van der Waals surface area (Å²) < 4.78 is 11.1. The summed E-state index contributed by atoms with van der Waals surface area (Å²) in [5, 5.41) is 14.5. The van der Waals surface area contributed by atoms with Crippen LogP contribution in [0.2, 0.25) is 0 Å². The van der Waals surface area contributed by atoms with Gasteiger partial charge in [-0.15, -0.1) is 0 Å². The molecule has 0 fully saturated rings. The third-order valence-electron chi connectivity index (χ3n) is 4.05. The number of carbonyl (C=O) groups excluding carboxylic acids is 1. The van der Waals surface area contributed by atoms with E-state index in [1.165, 1.54) is 30.0 Å². The SMILES string of the molecule is CCOc1ccc(Oc2cc(NC(=O)CSc3nc(C)cc(C)n3)cc([N+](=O)[O-])c2)cc1. The molecule has 0 aliphatic rings. The molecule has 1 heterocycles. The van der Waals surface area contributed by atoms with E-state index in [1.54, 1.807) is 24.3 Å². The summed E-state index contributed by atoms with van der Waals surface area (Å²) in [5.41, 5.74) is 1.69. The zero-order chi connectivity index (χ0) is 23.1. The van der Waals surface area contributed by atoms with Crippen LogP contribution in [0.1, 0.15) is 18.3 Å². The van der Waals surface area contributed by atoms with E-state index in [0.29, 0.717) is 23.3 Å². The Hall–Kier alpha value is -3.66. The Balaban J connectivity index is 1.70. The lowest BCUT2D eigenvalue weighted by Gasteiger charge is -2.10. The van der Waals surface area contributed by atoms with Crippen molar-refractivity contribution in [1.29, 1.82) is 0 Å². The van der Waals surface area contributed by atoms with Crippen molar-refractivity contribution in [3.05, 3.63) is 70.0 Å². The van der Waals surface area contributed by atoms with Crippen LogP contribution in [0.15, 0.2) is 53.7 Å². The van der Waals surface area contributed by atoms with Crippen LogP contribution in [0.25, 0.3) is 0 Å². The summed E-state index contributed by atoms with van der Waals surface area (Å²) in [6.45, 7) is 6.14. The second-order valence-corrected chi connectivity index (χ2v) is 7.69. The molecule has 0 saturated carbocycles. The third kappa shape index (κ3) is 6.67. The molecule has 3 aromatic rings. The fraction of sp³-hybridized carbons (Fsp3) is 0.227. The summed E-state index contributed by atoms with van der Waals surface area (Å²) in [5.74, 6) is 1.11. The molecule has 2 aromatic carbocycles. The average molecular weight is 455 g/mol. The first-order valence-corrected chi connectivity index (χ1v) is 10.8. The molecule has 0 atom stereocenters. The van der Waals surface area contributed by atoms with E-state index in [1.807, 2.05) is 26.8 Å². The van der Waals surface area contributed by atoms with Crippen molar-refractivity contribution in [3.8, 4) is 17.2 Å². The minimum absolute atomic E-state index is 0.0562. The van der Waals surface area contributed by atoms with Gasteiger partial charge in [0.25, 0.3) is 5.69 Å². The number of ether oxygens (including phenoxy) is 2. The van der Waals surface area contributed by atoms with Gasteiger partial charge in [0, 0.05) is 23.5 Å². The molecule has 1 aromatic heterocycles. The molecule has 0 aliphatic carbocycles. The number of rotatable bonds is 9. The number of anilines is 1. The number of nitrogens with one attached hydrogen (secondary N) is 1. The number of carbonyl (C=O) groups is 1. The highest BCUT2D eigenvalue weighted by molar-refractivity contribution is 7.99. The highest BCUT2D eigenvalue weighted by atomic mass is 32.2. The lowest BCUT2D eigenvalue weighted by Crippen LogP contribution is -2.14. The Morgan fingerprint density at radius 3 is 2.31 bits per heavy atom. The molecule has 32 heavy (non-hydrogen) atoms. The second kappa shape index (κ2) is 10.6. The Labute approximate surface area is 189 Å². The molecule has 166 valence electrons. The molecular weight excluding hydrogens is 432 g/mol. The van der Waals surface area contributed by atoms with Gasteiger partial charge in [0.1, 0.15) is 17.2 Å². The first kappa shape index (κ1) is 23.0. The van der Waals surface area contributed by atoms with Crippen LogP contribution in [-0.2, 0) is 4.79 Å². The van der Waals surface area contributed by atoms with Crippen molar-refractivity contribution in [3.63, 3.8) is 0 Å². The van der Waals surface area contributed by atoms with E-state index in [4.69, 9.17) is 9.47 Å². The maximum Gasteiger partial charge on any atom is 0.275 e. The van der Waals surface area contributed by atoms with Gasteiger partial charge in [-0.25, -0.2) is 9.97 Å². The van der Waals surface area contributed by atoms with Crippen LogP contribution < -0.4 is 14.8 Å². The van der Waals surface area contributed by atoms with Crippen LogP contribution >= 0.6 is 11.8 Å². The predicted octanol–water partition coefficient (Wildman–Crippen LogP) is 4.92. The Morgan fingerprint density at radius 2 is 1.69 bits per heavy atom. The molecule has 0 unspecified atom stereocenters. The molecule has 10 heteroatoms. The van der Waals surface area contributed by atoms with Crippen LogP contribution in [0.3, 0.4) is 0 Å². The normalized spacial score (nSPS) is 10.5. The molecule has 0 aliphatic heterocycles. The number of hydrogen-bond donors (Lipinski definition) is 1. The van der Waals surface area contributed by atoms with Gasteiger partial charge in [0.05, 0.1) is 29.0 Å². The summed E-state index contributed by atoms with van der Waals surface area (Å²) in [7, 11) is 0. The standard InChI is InChI=1S/C22H22N4O5S/c1-4-30-18-5-7-19(8-6-18)31-20-11-16(10-17(12-20)26(28)29)25-21(27)13-32-22-23-14(2)9-15(3)24-22/h5-12H,4,13H2,1-3H3,(H,25,27). The molecule has 0 saturated heterocycles. The predicted molar refractivity (Wildman–Crippen MR) is 122 cm³/mol. The number of non-ortho nitro benzene ring substituents is 1. The number of benzene rings is 2. The number of aromatic nitrogens is 2. The van der Waals surface area contributed by atoms with E-state index in [0.717, 1.165) is 11.4 Å². The molecule has 9 nitrogen and oxygen atoms in total. The minimum atomic E-state index is -0.543. The van der Waals surface area contributed by atoms with Gasteiger partial charge in [-0.3, -0.25) is 14.9 Å². The molecule has 1 N–H and O–H groups in total. The van der Waals surface area contributed by atoms with Gasteiger partial charge in [0.15, 0.2) is 5.16 Å². The summed E-state index contributed by atoms with van der Waals surface area (Å²) in [6.07, 6.45) is 0. The zero-order valence-electron chi connectivity index (χ0n) is 17.8. The topological polar surface area (TPSA) is 116 Å². The van der Waals surface area contributed by atoms with Crippen molar-refractivity contribution in [2.24, 2.45) is 0 Å². The molecule has 0 spiro atoms. The van der Waals surface area contributed by atoms with Gasteiger partial charge in [-0.1, -0.05) is 11.8 Å². The molecule has 0 radical (unpaired) electrons. The lowest BCUT2D eigenvalue weighted by molar-refractivity contribution is -0.384. The molecule has 3 rings (SSSR count).